The van der Waals surface area contributed by atoms with Crippen molar-refractivity contribution < 1.29 is 14.6 Å². The third-order valence-electron chi connectivity index (χ3n) is 2.42. The standard InChI is InChI=1S/C11H14N4O3/c1-15-5-4-7(14-15)10(16)9-11(18-3)13-8(17-2)6-12-9/h4-6,10,16H,1-3H3. The first-order valence-electron chi connectivity index (χ1n) is 5.28. The van der Waals surface area contributed by atoms with Gasteiger partial charge in [0.2, 0.25) is 11.8 Å². The van der Waals surface area contributed by atoms with Gasteiger partial charge in [0.1, 0.15) is 11.8 Å². The van der Waals surface area contributed by atoms with Gasteiger partial charge in [-0.3, -0.25) is 4.68 Å². The first-order chi connectivity index (χ1) is 8.65. The van der Waals surface area contributed by atoms with E-state index in [1.165, 1.54) is 20.4 Å². The lowest BCUT2D eigenvalue weighted by atomic mass is 10.2. The smallest absolute Gasteiger partial charge is 0.241 e. The predicted octanol–water partition coefficient (Wildman–Crippen LogP) is 0.309. The summed E-state index contributed by atoms with van der Waals surface area (Å²) in [6.07, 6.45) is 2.17. The van der Waals surface area contributed by atoms with Crippen molar-refractivity contribution in [3.63, 3.8) is 0 Å². The van der Waals surface area contributed by atoms with E-state index < -0.39 is 6.10 Å². The van der Waals surface area contributed by atoms with Crippen LogP contribution in [0.15, 0.2) is 18.5 Å². The van der Waals surface area contributed by atoms with E-state index in [0.717, 1.165) is 0 Å². The minimum atomic E-state index is -0.987. The second-order valence-electron chi connectivity index (χ2n) is 3.62. The molecule has 7 nitrogen and oxygen atoms in total. The lowest BCUT2D eigenvalue weighted by molar-refractivity contribution is 0.201. The van der Waals surface area contributed by atoms with Gasteiger partial charge in [0.15, 0.2) is 0 Å². The normalized spacial score (nSPS) is 12.2. The zero-order valence-corrected chi connectivity index (χ0v) is 10.4. The van der Waals surface area contributed by atoms with Gasteiger partial charge in [0.05, 0.1) is 26.1 Å². The van der Waals surface area contributed by atoms with Gasteiger partial charge in [-0.2, -0.15) is 10.1 Å². The topological polar surface area (TPSA) is 82.3 Å². The summed E-state index contributed by atoms with van der Waals surface area (Å²) in [6.45, 7) is 0. The zero-order valence-electron chi connectivity index (χ0n) is 10.4. The van der Waals surface area contributed by atoms with Crippen LogP contribution in [0, 0.1) is 0 Å². The van der Waals surface area contributed by atoms with Crippen LogP contribution in [0.5, 0.6) is 11.8 Å². The average Bonchev–Trinajstić information content (AvgIpc) is 2.83. The number of aryl methyl sites for hydroxylation is 1. The Bertz CT molecular complexity index is 541. The molecule has 0 saturated heterocycles. The molecular weight excluding hydrogens is 236 g/mol. The summed E-state index contributed by atoms with van der Waals surface area (Å²) in [6, 6.07) is 1.70. The van der Waals surface area contributed by atoms with Crippen LogP contribution in [-0.4, -0.2) is 39.1 Å². The van der Waals surface area contributed by atoms with Crippen molar-refractivity contribution in [3.8, 4) is 11.8 Å². The molecule has 0 aliphatic heterocycles. The van der Waals surface area contributed by atoms with E-state index in [-0.39, 0.29) is 5.88 Å². The van der Waals surface area contributed by atoms with E-state index in [1.807, 2.05) is 0 Å². The van der Waals surface area contributed by atoms with Crippen LogP contribution < -0.4 is 9.47 Å². The van der Waals surface area contributed by atoms with Gasteiger partial charge in [0, 0.05) is 13.2 Å². The van der Waals surface area contributed by atoms with Gasteiger partial charge in [-0.25, -0.2) is 4.98 Å². The maximum atomic E-state index is 10.2. The van der Waals surface area contributed by atoms with Gasteiger partial charge in [0.25, 0.3) is 0 Å². The molecule has 0 spiro atoms. The third-order valence-corrected chi connectivity index (χ3v) is 2.42. The molecule has 1 atom stereocenters. The van der Waals surface area contributed by atoms with E-state index in [1.54, 1.807) is 24.0 Å². The lowest BCUT2D eigenvalue weighted by Crippen LogP contribution is -2.08. The fourth-order valence-corrected chi connectivity index (χ4v) is 1.52. The van der Waals surface area contributed by atoms with Crippen LogP contribution in [0.4, 0.5) is 0 Å². The SMILES string of the molecule is COc1cnc(C(O)c2ccn(C)n2)c(OC)n1. The molecule has 1 N–H and O–H groups in total. The first-order valence-corrected chi connectivity index (χ1v) is 5.28. The average molecular weight is 250 g/mol. The van der Waals surface area contributed by atoms with Crippen molar-refractivity contribution in [1.82, 2.24) is 19.7 Å². The highest BCUT2D eigenvalue weighted by atomic mass is 16.5. The number of hydrogen-bond donors (Lipinski definition) is 1. The van der Waals surface area contributed by atoms with Gasteiger partial charge in [-0.05, 0) is 6.07 Å². The summed E-state index contributed by atoms with van der Waals surface area (Å²) in [7, 11) is 4.71. The van der Waals surface area contributed by atoms with Crippen LogP contribution in [-0.2, 0) is 7.05 Å². The molecule has 96 valence electrons. The molecule has 0 saturated carbocycles. The molecule has 18 heavy (non-hydrogen) atoms. The van der Waals surface area contributed by atoms with E-state index in [0.29, 0.717) is 17.3 Å². The number of aliphatic hydroxyl groups is 1. The quantitative estimate of drug-likeness (QED) is 0.841. The first kappa shape index (κ1) is 12.3. The highest BCUT2D eigenvalue weighted by Gasteiger charge is 2.21. The maximum Gasteiger partial charge on any atom is 0.241 e. The van der Waals surface area contributed by atoms with Crippen molar-refractivity contribution in [3.05, 3.63) is 29.8 Å². The van der Waals surface area contributed by atoms with Gasteiger partial charge < -0.3 is 14.6 Å². The fraction of sp³-hybridized carbons (Fsp3) is 0.364. The van der Waals surface area contributed by atoms with Crippen LogP contribution in [0.1, 0.15) is 17.5 Å². The number of rotatable bonds is 4. The molecule has 1 unspecified atom stereocenters. The fourth-order valence-electron chi connectivity index (χ4n) is 1.52. The number of aliphatic hydroxyl groups excluding tert-OH is 1. The van der Waals surface area contributed by atoms with E-state index in [9.17, 15) is 5.11 Å². The lowest BCUT2D eigenvalue weighted by Gasteiger charge is -2.11. The van der Waals surface area contributed by atoms with Crippen molar-refractivity contribution in [1.29, 1.82) is 0 Å². The van der Waals surface area contributed by atoms with Crippen molar-refractivity contribution in [2.45, 2.75) is 6.10 Å². The summed E-state index contributed by atoms with van der Waals surface area (Å²) in [5.74, 6) is 0.538. The Kier molecular flexibility index (Phi) is 3.42. The molecule has 0 amide bonds. The highest BCUT2D eigenvalue weighted by Crippen LogP contribution is 2.26. The molecule has 2 rings (SSSR count). The molecule has 0 aliphatic rings. The largest absolute Gasteiger partial charge is 0.480 e. The third kappa shape index (κ3) is 2.25. The summed E-state index contributed by atoms with van der Waals surface area (Å²) >= 11 is 0. The number of nitrogens with zero attached hydrogens (tertiary/aromatic N) is 4. The molecule has 0 aliphatic carbocycles. The molecule has 0 bridgehead atoms. The van der Waals surface area contributed by atoms with Crippen molar-refractivity contribution in [2.75, 3.05) is 14.2 Å². The monoisotopic (exact) mass is 250 g/mol. The second kappa shape index (κ2) is 5.01. The minimum absolute atomic E-state index is 0.215. The Morgan fingerprint density at radius 3 is 2.67 bits per heavy atom. The zero-order chi connectivity index (χ0) is 13.1. The molecule has 0 radical (unpaired) electrons. The Balaban J connectivity index is 2.38. The predicted molar refractivity (Wildman–Crippen MR) is 62.4 cm³/mol. The van der Waals surface area contributed by atoms with Crippen molar-refractivity contribution >= 4 is 0 Å². The molecular formula is C11H14N4O3. The minimum Gasteiger partial charge on any atom is -0.480 e. The number of ether oxygens (including phenoxy) is 2. The van der Waals surface area contributed by atoms with Crippen LogP contribution in [0.25, 0.3) is 0 Å². The van der Waals surface area contributed by atoms with Gasteiger partial charge in [-0.15, -0.1) is 0 Å². The second-order valence-corrected chi connectivity index (χ2v) is 3.62. The Morgan fingerprint density at radius 1 is 1.33 bits per heavy atom. The molecule has 0 fully saturated rings. The Morgan fingerprint density at radius 2 is 2.11 bits per heavy atom. The molecule has 7 heteroatoms. The summed E-state index contributed by atoms with van der Waals surface area (Å²) < 4.78 is 11.6. The maximum absolute atomic E-state index is 10.2. The van der Waals surface area contributed by atoms with Crippen LogP contribution in [0.3, 0.4) is 0 Å². The molecule has 0 aromatic carbocycles. The van der Waals surface area contributed by atoms with Crippen molar-refractivity contribution in [2.24, 2.45) is 7.05 Å². The summed E-state index contributed by atoms with van der Waals surface area (Å²) in [4.78, 5) is 8.16. The van der Waals surface area contributed by atoms with Crippen LogP contribution >= 0.6 is 0 Å². The summed E-state index contributed by atoms with van der Waals surface area (Å²) in [5, 5.41) is 14.3. The summed E-state index contributed by atoms with van der Waals surface area (Å²) in [5.41, 5.74) is 0.785. The molecule has 2 aromatic heterocycles. The molecule has 2 aromatic rings. The van der Waals surface area contributed by atoms with E-state index in [2.05, 4.69) is 15.1 Å². The Labute approximate surface area is 104 Å². The Hall–Kier alpha value is -2.15. The number of aromatic nitrogens is 4. The molecule has 2 heterocycles. The van der Waals surface area contributed by atoms with Gasteiger partial charge in [-0.1, -0.05) is 0 Å². The number of hydrogen-bond acceptors (Lipinski definition) is 6. The van der Waals surface area contributed by atoms with Crippen LogP contribution in [0.2, 0.25) is 0 Å². The number of methoxy groups -OCH3 is 2. The van der Waals surface area contributed by atoms with Gasteiger partial charge >= 0.3 is 0 Å². The van der Waals surface area contributed by atoms with E-state index >= 15 is 0 Å². The highest BCUT2D eigenvalue weighted by molar-refractivity contribution is 5.29. The van der Waals surface area contributed by atoms with E-state index in [4.69, 9.17) is 9.47 Å².